The minimum absolute atomic E-state index is 0.813. The van der Waals surface area contributed by atoms with Gasteiger partial charge in [-0.1, -0.05) is 18.2 Å². The number of hydrogen-bond acceptors (Lipinski definition) is 4. The number of benzene rings is 1. The van der Waals surface area contributed by atoms with Crippen LogP contribution in [-0.2, 0) is 0 Å². The zero-order valence-corrected chi connectivity index (χ0v) is 10.2. The zero-order valence-electron chi connectivity index (χ0n) is 9.39. The minimum atomic E-state index is 0.813. The van der Waals surface area contributed by atoms with Crippen LogP contribution < -0.4 is 5.43 Å². The van der Waals surface area contributed by atoms with Crippen molar-refractivity contribution < 1.29 is 0 Å². The zero-order chi connectivity index (χ0) is 11.5. The Bertz CT molecular complexity index is 557. The smallest absolute Gasteiger partial charge is 0.146 e. The highest BCUT2D eigenvalue weighted by molar-refractivity contribution is 8.00. The van der Waals surface area contributed by atoms with Gasteiger partial charge in [-0.15, -0.1) is 0 Å². The third kappa shape index (κ3) is 2.42. The largest absolute Gasteiger partial charge is 0.261 e. The van der Waals surface area contributed by atoms with E-state index < -0.39 is 0 Å². The lowest BCUT2D eigenvalue weighted by atomic mass is 10.2. The van der Waals surface area contributed by atoms with Crippen molar-refractivity contribution in [2.45, 2.75) is 6.42 Å². The average Bonchev–Trinajstić information content (AvgIpc) is 2.89. The molecule has 0 spiro atoms. The number of para-hydroxylation sites is 1. The van der Waals surface area contributed by atoms with Crippen molar-refractivity contribution in [2.75, 3.05) is 16.9 Å². The van der Waals surface area contributed by atoms with Crippen LogP contribution in [0.1, 0.15) is 6.42 Å². The molecule has 4 heteroatoms. The molecule has 2 heterocycles. The van der Waals surface area contributed by atoms with Crippen molar-refractivity contribution in [3.63, 3.8) is 0 Å². The lowest BCUT2D eigenvalue weighted by Gasteiger charge is -2.02. The lowest BCUT2D eigenvalue weighted by Crippen LogP contribution is -2.01. The Kier molecular flexibility index (Phi) is 2.96. The van der Waals surface area contributed by atoms with E-state index in [0.29, 0.717) is 0 Å². The fraction of sp³-hybridized carbons (Fsp3) is 0.231. The molecule has 1 saturated heterocycles. The summed E-state index contributed by atoms with van der Waals surface area (Å²) in [6.07, 6.45) is 1.09. The number of nitrogens with one attached hydrogen (secondary N) is 1. The third-order valence-electron chi connectivity index (χ3n) is 2.73. The first-order chi connectivity index (χ1) is 8.42. The number of hydrogen-bond donors (Lipinski definition) is 1. The van der Waals surface area contributed by atoms with E-state index in [2.05, 4.69) is 27.6 Å². The van der Waals surface area contributed by atoms with Gasteiger partial charge in [0, 0.05) is 16.9 Å². The number of hydrazone groups is 1. The Morgan fingerprint density at radius 2 is 2.12 bits per heavy atom. The quantitative estimate of drug-likeness (QED) is 0.823. The molecule has 1 aromatic carbocycles. The van der Waals surface area contributed by atoms with Gasteiger partial charge in [0.2, 0.25) is 0 Å². The molecule has 0 amide bonds. The Balaban J connectivity index is 1.83. The molecule has 1 aromatic heterocycles. The molecule has 3 nitrogen and oxygen atoms in total. The first-order valence-corrected chi connectivity index (χ1v) is 6.82. The summed E-state index contributed by atoms with van der Waals surface area (Å²) >= 11 is 1.93. The maximum absolute atomic E-state index is 4.51. The Labute approximate surface area is 104 Å². The van der Waals surface area contributed by atoms with Crippen LogP contribution in [0.3, 0.4) is 0 Å². The molecule has 1 N–H and O–H groups in total. The van der Waals surface area contributed by atoms with Crippen LogP contribution in [0.15, 0.2) is 41.5 Å². The molecular formula is C13H13N3S. The summed E-state index contributed by atoms with van der Waals surface area (Å²) < 4.78 is 0. The van der Waals surface area contributed by atoms with Crippen molar-refractivity contribution in [3.8, 4) is 0 Å². The maximum atomic E-state index is 4.51. The normalized spacial score (nSPS) is 17.8. The summed E-state index contributed by atoms with van der Waals surface area (Å²) in [4.78, 5) is 4.51. The van der Waals surface area contributed by atoms with Crippen molar-refractivity contribution in [3.05, 3.63) is 36.4 Å². The summed E-state index contributed by atoms with van der Waals surface area (Å²) in [5, 5.41) is 5.54. The van der Waals surface area contributed by atoms with E-state index in [0.717, 1.165) is 28.9 Å². The van der Waals surface area contributed by atoms with Gasteiger partial charge in [0.25, 0.3) is 0 Å². The maximum Gasteiger partial charge on any atom is 0.146 e. The highest BCUT2D eigenvalue weighted by atomic mass is 32.2. The van der Waals surface area contributed by atoms with Gasteiger partial charge in [-0.2, -0.15) is 16.9 Å². The first-order valence-electron chi connectivity index (χ1n) is 5.67. The summed E-state index contributed by atoms with van der Waals surface area (Å²) in [5.74, 6) is 3.04. The van der Waals surface area contributed by atoms with Crippen LogP contribution in [0, 0.1) is 0 Å². The number of anilines is 1. The Hall–Kier alpha value is -1.55. The van der Waals surface area contributed by atoms with Crippen molar-refractivity contribution >= 4 is 34.2 Å². The summed E-state index contributed by atoms with van der Waals surface area (Å²) in [6.45, 7) is 0. The van der Waals surface area contributed by atoms with E-state index in [1.165, 1.54) is 11.5 Å². The Morgan fingerprint density at radius 3 is 3.00 bits per heavy atom. The molecule has 1 fully saturated rings. The summed E-state index contributed by atoms with van der Waals surface area (Å²) in [5.41, 5.74) is 5.27. The molecule has 0 bridgehead atoms. The number of thioether (sulfide) groups is 1. The summed E-state index contributed by atoms with van der Waals surface area (Å²) in [7, 11) is 0. The molecule has 0 radical (unpaired) electrons. The molecular weight excluding hydrogens is 230 g/mol. The number of rotatable bonds is 2. The fourth-order valence-corrected chi connectivity index (χ4v) is 2.77. The lowest BCUT2D eigenvalue weighted by molar-refractivity contribution is 1.22. The Morgan fingerprint density at radius 1 is 1.18 bits per heavy atom. The molecule has 0 saturated carbocycles. The molecule has 86 valence electrons. The second-order valence-corrected chi connectivity index (χ2v) is 5.09. The van der Waals surface area contributed by atoms with Crippen molar-refractivity contribution in [1.82, 2.24) is 4.98 Å². The number of fused-ring (bicyclic) bond motifs is 1. The number of nitrogens with zero attached hydrogens (tertiary/aromatic N) is 2. The number of aromatic nitrogens is 1. The van der Waals surface area contributed by atoms with Crippen LogP contribution in [0.4, 0.5) is 5.82 Å². The van der Waals surface area contributed by atoms with Gasteiger partial charge in [-0.3, -0.25) is 5.43 Å². The second kappa shape index (κ2) is 4.75. The average molecular weight is 243 g/mol. The second-order valence-electron chi connectivity index (χ2n) is 3.98. The van der Waals surface area contributed by atoms with Gasteiger partial charge in [0.1, 0.15) is 5.82 Å². The van der Waals surface area contributed by atoms with E-state index in [-0.39, 0.29) is 0 Å². The molecule has 2 aromatic rings. The van der Waals surface area contributed by atoms with E-state index in [9.17, 15) is 0 Å². The van der Waals surface area contributed by atoms with Gasteiger partial charge < -0.3 is 0 Å². The highest BCUT2D eigenvalue weighted by Gasteiger charge is 2.08. The van der Waals surface area contributed by atoms with E-state index >= 15 is 0 Å². The van der Waals surface area contributed by atoms with E-state index in [1.807, 2.05) is 36.0 Å². The fourth-order valence-electron chi connectivity index (χ4n) is 1.80. The third-order valence-corrected chi connectivity index (χ3v) is 3.76. The van der Waals surface area contributed by atoms with Gasteiger partial charge in [0.05, 0.1) is 5.52 Å². The molecule has 0 atom stereocenters. The topological polar surface area (TPSA) is 37.3 Å². The van der Waals surface area contributed by atoms with E-state index in [1.54, 1.807) is 0 Å². The van der Waals surface area contributed by atoms with Crippen LogP contribution in [0.25, 0.3) is 10.9 Å². The molecule has 17 heavy (non-hydrogen) atoms. The molecule has 1 aliphatic rings. The predicted octanol–water partition coefficient (Wildman–Crippen LogP) is 3.14. The standard InChI is InChI=1S/C13H13N3S/c1-2-4-12-10(3-1)5-6-13(14-12)16-15-11-7-8-17-9-11/h1-6H,7-9H2,(H,14,16)/b15-11+. The van der Waals surface area contributed by atoms with Crippen molar-refractivity contribution in [2.24, 2.45) is 5.10 Å². The monoisotopic (exact) mass is 243 g/mol. The van der Waals surface area contributed by atoms with Crippen LogP contribution in [0.5, 0.6) is 0 Å². The number of pyridine rings is 1. The van der Waals surface area contributed by atoms with E-state index in [4.69, 9.17) is 0 Å². The highest BCUT2D eigenvalue weighted by Crippen LogP contribution is 2.16. The van der Waals surface area contributed by atoms with Gasteiger partial charge in [-0.25, -0.2) is 4.98 Å². The predicted molar refractivity (Wildman–Crippen MR) is 74.7 cm³/mol. The van der Waals surface area contributed by atoms with Crippen LogP contribution in [-0.4, -0.2) is 22.2 Å². The first kappa shape index (κ1) is 10.6. The summed E-state index contributed by atoms with van der Waals surface area (Å²) in [6, 6.07) is 12.1. The van der Waals surface area contributed by atoms with Gasteiger partial charge in [-0.05, 0) is 30.4 Å². The minimum Gasteiger partial charge on any atom is -0.261 e. The van der Waals surface area contributed by atoms with Crippen LogP contribution in [0.2, 0.25) is 0 Å². The molecule has 1 aliphatic heterocycles. The molecule has 3 rings (SSSR count). The van der Waals surface area contributed by atoms with Gasteiger partial charge >= 0.3 is 0 Å². The van der Waals surface area contributed by atoms with Crippen LogP contribution >= 0.6 is 11.8 Å². The van der Waals surface area contributed by atoms with Crippen molar-refractivity contribution in [1.29, 1.82) is 0 Å². The molecule has 0 unspecified atom stereocenters. The SMILES string of the molecule is c1ccc2nc(N/N=C3\CCSC3)ccc2c1. The van der Waals surface area contributed by atoms with Gasteiger partial charge in [0.15, 0.2) is 0 Å². The molecule has 0 aliphatic carbocycles.